The van der Waals surface area contributed by atoms with Gasteiger partial charge in [-0.05, 0) is 38.1 Å². The Hall–Kier alpha value is -3.03. The molecule has 0 spiro atoms. The van der Waals surface area contributed by atoms with Crippen LogP contribution in [0.3, 0.4) is 0 Å². The van der Waals surface area contributed by atoms with E-state index in [0.717, 1.165) is 22.2 Å². The molecule has 3 aromatic rings. The maximum atomic E-state index is 13.1. The molecule has 0 saturated carbocycles. The summed E-state index contributed by atoms with van der Waals surface area (Å²) in [7, 11) is 1.47. The van der Waals surface area contributed by atoms with Crippen molar-refractivity contribution in [2.75, 3.05) is 7.11 Å². The summed E-state index contributed by atoms with van der Waals surface area (Å²) in [6.07, 6.45) is -0.962. The van der Waals surface area contributed by atoms with E-state index in [-0.39, 0.29) is 29.4 Å². The Bertz CT molecular complexity index is 1170. The molecule has 1 aliphatic heterocycles. The Morgan fingerprint density at radius 1 is 1.26 bits per heavy atom. The topological polar surface area (TPSA) is 90.7 Å². The third kappa shape index (κ3) is 4.11. The van der Waals surface area contributed by atoms with Crippen LogP contribution in [-0.4, -0.2) is 34.2 Å². The normalized spacial score (nSPS) is 12.7. The van der Waals surface area contributed by atoms with Crippen molar-refractivity contribution in [3.8, 4) is 17.1 Å². The Balaban J connectivity index is 0.00000132. The molecule has 0 fully saturated rings. The smallest absolute Gasteiger partial charge is 0.257 e. The van der Waals surface area contributed by atoms with Crippen molar-refractivity contribution in [2.45, 2.75) is 53.1 Å². The number of aldehydes is 1. The summed E-state index contributed by atoms with van der Waals surface area (Å²) in [4.78, 5) is 29.0. The van der Waals surface area contributed by atoms with E-state index in [1.165, 1.54) is 7.11 Å². The maximum absolute atomic E-state index is 13.1. The highest BCUT2D eigenvalue weighted by Crippen LogP contribution is 2.36. The maximum Gasteiger partial charge on any atom is 0.257 e. The van der Waals surface area contributed by atoms with Gasteiger partial charge in [-0.15, -0.1) is 0 Å². The molecule has 4 rings (SSSR count). The monoisotopic (exact) mass is 424 g/mol. The molecule has 7 heteroatoms. The average Bonchev–Trinajstić information content (AvgIpc) is 3.13. The Morgan fingerprint density at radius 3 is 2.65 bits per heavy atom. The van der Waals surface area contributed by atoms with E-state index in [1.54, 1.807) is 10.6 Å². The first-order chi connectivity index (χ1) is 14.9. The Kier molecular flexibility index (Phi) is 6.87. The van der Waals surface area contributed by atoms with Crippen molar-refractivity contribution >= 4 is 17.2 Å². The molecule has 2 aromatic heterocycles. The van der Waals surface area contributed by atoms with Crippen molar-refractivity contribution in [1.82, 2.24) is 9.55 Å². The molecule has 0 aliphatic carbocycles. The number of carbonyl (C=O) groups is 1. The van der Waals surface area contributed by atoms with Gasteiger partial charge in [-0.1, -0.05) is 19.9 Å². The average molecular weight is 424 g/mol. The van der Waals surface area contributed by atoms with Crippen LogP contribution in [0.25, 0.3) is 22.3 Å². The molecule has 31 heavy (non-hydrogen) atoms. The van der Waals surface area contributed by atoms with E-state index in [4.69, 9.17) is 14.5 Å². The fourth-order valence-corrected chi connectivity index (χ4v) is 3.77. The van der Waals surface area contributed by atoms with Crippen LogP contribution in [0, 0.1) is 0 Å². The number of nitrogens with zero attached hydrogens (tertiary/aromatic N) is 2. The van der Waals surface area contributed by atoms with Gasteiger partial charge in [0.2, 0.25) is 0 Å². The highest BCUT2D eigenvalue weighted by Gasteiger charge is 2.27. The van der Waals surface area contributed by atoms with Crippen LogP contribution >= 0.6 is 0 Å². The summed E-state index contributed by atoms with van der Waals surface area (Å²) in [6, 6.07) is 9.33. The quantitative estimate of drug-likeness (QED) is 0.476. The largest absolute Gasteiger partial charge is 0.490 e. The number of ether oxygens (including phenoxy) is 2. The first-order valence-corrected chi connectivity index (χ1v) is 10.4. The lowest BCUT2D eigenvalue weighted by Crippen LogP contribution is -2.26. The lowest BCUT2D eigenvalue weighted by molar-refractivity contribution is -0.115. The van der Waals surface area contributed by atoms with Crippen LogP contribution in [-0.2, 0) is 22.7 Å². The van der Waals surface area contributed by atoms with Gasteiger partial charge < -0.3 is 23.9 Å². The number of rotatable bonds is 6. The predicted molar refractivity (Wildman–Crippen MR) is 119 cm³/mol. The Labute approximate surface area is 181 Å². The van der Waals surface area contributed by atoms with Crippen LogP contribution in [0.15, 0.2) is 35.1 Å². The summed E-state index contributed by atoms with van der Waals surface area (Å²) in [5, 5.41) is 11.0. The Morgan fingerprint density at radius 2 is 2.00 bits per heavy atom. The van der Waals surface area contributed by atoms with Crippen molar-refractivity contribution in [3.63, 3.8) is 0 Å². The summed E-state index contributed by atoms with van der Waals surface area (Å²) < 4.78 is 12.6. The van der Waals surface area contributed by atoms with Crippen LogP contribution in [0.5, 0.6) is 5.75 Å². The molecule has 0 amide bonds. The van der Waals surface area contributed by atoms with Gasteiger partial charge in [0, 0.05) is 29.2 Å². The number of hydrogen-bond donors (Lipinski definition) is 1. The van der Waals surface area contributed by atoms with E-state index >= 15 is 0 Å². The first-order valence-electron chi connectivity index (χ1n) is 10.4. The lowest BCUT2D eigenvalue weighted by Gasteiger charge is -2.14. The molecule has 1 unspecified atom stereocenters. The van der Waals surface area contributed by atoms with Gasteiger partial charge in [-0.3, -0.25) is 4.79 Å². The number of aliphatic hydroxyl groups is 1. The van der Waals surface area contributed by atoms with Crippen LogP contribution in [0.4, 0.5) is 0 Å². The van der Waals surface area contributed by atoms with E-state index < -0.39 is 6.10 Å². The molecule has 3 heterocycles. The molecular formula is C24H28N2O5. The van der Waals surface area contributed by atoms with Gasteiger partial charge in [0.1, 0.15) is 11.9 Å². The third-order valence-electron chi connectivity index (χ3n) is 5.00. The summed E-state index contributed by atoms with van der Waals surface area (Å²) in [6.45, 7) is 8.30. The standard InChI is InChI=1S/C22H22N2O5.C2H6/c1-12(2)29-20-6-4-5-17-15(20)7-13-9-24-18(21(13)23-17)8-14(19(26)10-25)16(11-28-3)22(24)27;1-2/h4-8,10,12,19,26H,9,11H2,1-3H3;1-2H3. The number of benzene rings is 1. The predicted octanol–water partition coefficient (Wildman–Crippen LogP) is 3.62. The molecular weight excluding hydrogens is 396 g/mol. The lowest BCUT2D eigenvalue weighted by atomic mass is 10.0. The summed E-state index contributed by atoms with van der Waals surface area (Å²) in [5.74, 6) is 0.744. The zero-order valence-corrected chi connectivity index (χ0v) is 18.5. The van der Waals surface area contributed by atoms with Crippen molar-refractivity contribution in [1.29, 1.82) is 0 Å². The molecule has 1 aromatic carbocycles. The fraction of sp³-hybridized carbons (Fsp3) is 0.375. The second kappa shape index (κ2) is 9.41. The van der Waals surface area contributed by atoms with E-state index in [2.05, 4.69) is 0 Å². The van der Waals surface area contributed by atoms with Gasteiger partial charge >= 0.3 is 0 Å². The number of pyridine rings is 2. The zero-order chi connectivity index (χ0) is 22.7. The second-order valence-corrected chi connectivity index (χ2v) is 7.35. The molecule has 7 nitrogen and oxygen atoms in total. The van der Waals surface area contributed by atoms with E-state index in [1.807, 2.05) is 52.0 Å². The minimum Gasteiger partial charge on any atom is -0.490 e. The number of aromatic nitrogens is 2. The molecule has 0 bridgehead atoms. The van der Waals surface area contributed by atoms with Crippen molar-refractivity contribution in [3.05, 3.63) is 57.4 Å². The number of carbonyl (C=O) groups excluding carboxylic acids is 1. The fourth-order valence-electron chi connectivity index (χ4n) is 3.77. The molecule has 164 valence electrons. The van der Waals surface area contributed by atoms with Gasteiger partial charge in [-0.2, -0.15) is 0 Å². The molecule has 1 N–H and O–H groups in total. The molecule has 0 radical (unpaired) electrons. The van der Waals surface area contributed by atoms with Gasteiger partial charge in [0.15, 0.2) is 6.29 Å². The minimum atomic E-state index is -1.39. The van der Waals surface area contributed by atoms with Gasteiger partial charge in [0.05, 0.1) is 36.2 Å². The van der Waals surface area contributed by atoms with Gasteiger partial charge in [0.25, 0.3) is 5.56 Å². The highest BCUT2D eigenvalue weighted by atomic mass is 16.5. The third-order valence-corrected chi connectivity index (χ3v) is 5.00. The number of methoxy groups -OCH3 is 1. The highest BCUT2D eigenvalue weighted by molar-refractivity contribution is 5.89. The van der Waals surface area contributed by atoms with E-state index in [0.29, 0.717) is 24.2 Å². The molecule has 0 saturated heterocycles. The second-order valence-electron chi connectivity index (χ2n) is 7.35. The number of fused-ring (bicyclic) bond motifs is 4. The van der Waals surface area contributed by atoms with Crippen molar-refractivity contribution < 1.29 is 19.4 Å². The van der Waals surface area contributed by atoms with Gasteiger partial charge in [-0.25, -0.2) is 4.98 Å². The summed E-state index contributed by atoms with van der Waals surface area (Å²) in [5.41, 5.74) is 3.12. The first kappa shape index (κ1) is 22.7. The van der Waals surface area contributed by atoms with Crippen LogP contribution < -0.4 is 10.3 Å². The van der Waals surface area contributed by atoms with Crippen LogP contribution in [0.2, 0.25) is 0 Å². The SMILES string of the molecule is CC.COCc1c(C(O)C=O)cc2n(c1=O)Cc1cc3c(OC(C)C)cccc3nc1-2. The number of hydrogen-bond acceptors (Lipinski definition) is 6. The summed E-state index contributed by atoms with van der Waals surface area (Å²) >= 11 is 0. The van der Waals surface area contributed by atoms with E-state index in [9.17, 15) is 14.7 Å². The number of aliphatic hydroxyl groups excluding tert-OH is 1. The molecule has 1 atom stereocenters. The zero-order valence-electron chi connectivity index (χ0n) is 18.5. The minimum absolute atomic E-state index is 0.0114. The van der Waals surface area contributed by atoms with Crippen molar-refractivity contribution in [2.24, 2.45) is 0 Å². The van der Waals surface area contributed by atoms with Crippen LogP contribution in [0.1, 0.15) is 50.5 Å². The molecule has 1 aliphatic rings.